The van der Waals surface area contributed by atoms with Gasteiger partial charge in [0.25, 0.3) is 0 Å². The lowest BCUT2D eigenvalue weighted by molar-refractivity contribution is -0.118. The Morgan fingerprint density at radius 3 is 2.68 bits per heavy atom. The van der Waals surface area contributed by atoms with Gasteiger partial charge in [0.15, 0.2) is 0 Å². The largest absolute Gasteiger partial charge is 0.373 e. The maximum absolute atomic E-state index is 13.5. The molecule has 1 amide bonds. The second-order valence-corrected chi connectivity index (χ2v) is 7.81. The number of nitrogens with zero attached hydrogens (tertiary/aromatic N) is 1. The van der Waals surface area contributed by atoms with Crippen molar-refractivity contribution >= 4 is 34.8 Å². The number of hydrogen-bond acceptors (Lipinski definition) is 3. The molecule has 150 valence electrons. The van der Waals surface area contributed by atoms with Gasteiger partial charge in [0.2, 0.25) is 5.91 Å². The second-order valence-electron chi connectivity index (χ2n) is 7.00. The van der Waals surface area contributed by atoms with Gasteiger partial charge in [-0.2, -0.15) is 0 Å². The van der Waals surface area contributed by atoms with E-state index >= 15 is 0 Å². The Kier molecular flexibility index (Phi) is 7.30. The molecule has 3 rings (SSSR count). The average Bonchev–Trinajstić information content (AvgIpc) is 2.67. The summed E-state index contributed by atoms with van der Waals surface area (Å²) < 4.78 is 19.4. The number of anilines is 1. The summed E-state index contributed by atoms with van der Waals surface area (Å²) in [4.78, 5) is 14.4. The van der Waals surface area contributed by atoms with Gasteiger partial charge in [0.05, 0.1) is 24.3 Å². The highest BCUT2D eigenvalue weighted by molar-refractivity contribution is 6.31. The van der Waals surface area contributed by atoms with Gasteiger partial charge in [0.1, 0.15) is 5.82 Å². The van der Waals surface area contributed by atoms with Crippen molar-refractivity contribution in [3.63, 3.8) is 0 Å². The normalized spacial score (nSPS) is 15.6. The van der Waals surface area contributed by atoms with Gasteiger partial charge in [-0.3, -0.25) is 9.69 Å². The van der Waals surface area contributed by atoms with Crippen LogP contribution in [0, 0.1) is 12.7 Å². The molecule has 0 aromatic heterocycles. The standard InChI is InChI=1S/C21H23Cl2FN2O2/c1-14-17(22)3-2-4-20(14)25-21(27)12-26-9-7-16(8-10-26)28-13-15-5-6-18(23)19(24)11-15/h2-6,11,16H,7-10,12-13H2,1H3,(H,25,27). The van der Waals surface area contributed by atoms with Crippen LogP contribution in [0.5, 0.6) is 0 Å². The van der Waals surface area contributed by atoms with Crippen LogP contribution in [0.25, 0.3) is 0 Å². The van der Waals surface area contributed by atoms with Crippen LogP contribution in [0.4, 0.5) is 10.1 Å². The zero-order chi connectivity index (χ0) is 20.1. The van der Waals surface area contributed by atoms with E-state index < -0.39 is 5.82 Å². The van der Waals surface area contributed by atoms with Gasteiger partial charge >= 0.3 is 0 Å². The summed E-state index contributed by atoms with van der Waals surface area (Å²) in [6.07, 6.45) is 1.77. The minimum Gasteiger partial charge on any atom is -0.373 e. The number of likely N-dealkylation sites (tertiary alicyclic amines) is 1. The average molecular weight is 425 g/mol. The Bertz CT molecular complexity index is 839. The molecule has 0 radical (unpaired) electrons. The molecule has 0 aliphatic carbocycles. The number of rotatable bonds is 6. The molecular formula is C21H23Cl2FN2O2. The first-order chi connectivity index (χ1) is 13.4. The van der Waals surface area contributed by atoms with Crippen LogP contribution >= 0.6 is 23.2 Å². The number of carbonyl (C=O) groups excluding carboxylic acids is 1. The maximum Gasteiger partial charge on any atom is 0.238 e. The summed E-state index contributed by atoms with van der Waals surface area (Å²) >= 11 is 11.8. The molecule has 0 unspecified atom stereocenters. The number of carbonyl (C=O) groups is 1. The molecular weight excluding hydrogens is 402 g/mol. The zero-order valence-electron chi connectivity index (χ0n) is 15.7. The van der Waals surface area contributed by atoms with Crippen molar-refractivity contribution in [2.45, 2.75) is 32.5 Å². The van der Waals surface area contributed by atoms with Gasteiger partial charge < -0.3 is 10.1 Å². The topological polar surface area (TPSA) is 41.6 Å². The maximum atomic E-state index is 13.5. The van der Waals surface area contributed by atoms with E-state index in [1.807, 2.05) is 19.1 Å². The van der Waals surface area contributed by atoms with Crippen LogP contribution < -0.4 is 5.32 Å². The molecule has 0 saturated carbocycles. The Morgan fingerprint density at radius 1 is 1.21 bits per heavy atom. The summed E-state index contributed by atoms with van der Waals surface area (Å²) in [7, 11) is 0. The van der Waals surface area contributed by atoms with Gasteiger partial charge in [0, 0.05) is 23.8 Å². The molecule has 4 nitrogen and oxygen atoms in total. The second kappa shape index (κ2) is 9.70. The monoisotopic (exact) mass is 424 g/mol. The molecule has 1 saturated heterocycles. The smallest absolute Gasteiger partial charge is 0.238 e. The number of benzene rings is 2. The summed E-state index contributed by atoms with van der Waals surface area (Å²) in [6, 6.07) is 10.2. The minimum absolute atomic E-state index is 0.0543. The van der Waals surface area contributed by atoms with Crippen molar-refractivity contribution < 1.29 is 13.9 Å². The lowest BCUT2D eigenvalue weighted by Crippen LogP contribution is -2.41. The highest BCUT2D eigenvalue weighted by atomic mass is 35.5. The van der Waals surface area contributed by atoms with Crippen molar-refractivity contribution in [1.29, 1.82) is 0 Å². The molecule has 2 aromatic rings. The molecule has 1 N–H and O–H groups in total. The third-order valence-corrected chi connectivity index (χ3v) is 5.63. The van der Waals surface area contributed by atoms with E-state index in [1.165, 1.54) is 6.07 Å². The van der Waals surface area contributed by atoms with E-state index in [2.05, 4.69) is 10.2 Å². The van der Waals surface area contributed by atoms with Crippen LogP contribution in [0.1, 0.15) is 24.0 Å². The van der Waals surface area contributed by atoms with Crippen LogP contribution in [0.15, 0.2) is 36.4 Å². The lowest BCUT2D eigenvalue weighted by atomic mass is 10.1. The first-order valence-electron chi connectivity index (χ1n) is 9.25. The first kappa shape index (κ1) is 21.1. The minimum atomic E-state index is -0.432. The van der Waals surface area contributed by atoms with E-state index in [0.717, 1.165) is 42.7 Å². The zero-order valence-corrected chi connectivity index (χ0v) is 17.2. The third kappa shape index (κ3) is 5.67. The van der Waals surface area contributed by atoms with E-state index in [9.17, 15) is 9.18 Å². The van der Waals surface area contributed by atoms with Crippen molar-refractivity contribution in [2.24, 2.45) is 0 Å². The third-order valence-electron chi connectivity index (χ3n) is 4.91. The van der Waals surface area contributed by atoms with Gasteiger partial charge in [-0.1, -0.05) is 35.3 Å². The lowest BCUT2D eigenvalue weighted by Gasteiger charge is -2.31. The Labute approximate surface area is 174 Å². The molecule has 7 heteroatoms. The van der Waals surface area contributed by atoms with Crippen molar-refractivity contribution in [3.8, 4) is 0 Å². The summed E-state index contributed by atoms with van der Waals surface area (Å²) in [6.45, 7) is 4.13. The Balaban J connectivity index is 1.41. The SMILES string of the molecule is Cc1c(Cl)cccc1NC(=O)CN1CCC(OCc2ccc(Cl)c(F)c2)CC1. The Hall–Kier alpha value is -1.66. The molecule has 1 aliphatic rings. The van der Waals surface area contributed by atoms with Gasteiger partial charge in [-0.15, -0.1) is 0 Å². The van der Waals surface area contributed by atoms with Crippen molar-refractivity contribution in [2.75, 3.05) is 25.0 Å². The number of nitrogens with one attached hydrogen (secondary N) is 1. The predicted molar refractivity (Wildman–Crippen MR) is 110 cm³/mol. The van der Waals surface area contributed by atoms with Crippen LogP contribution in [0.3, 0.4) is 0 Å². The van der Waals surface area contributed by atoms with Gasteiger partial charge in [-0.05, 0) is 55.2 Å². The fourth-order valence-electron chi connectivity index (χ4n) is 3.21. The van der Waals surface area contributed by atoms with E-state index in [-0.39, 0.29) is 17.0 Å². The number of halogens is 3. The molecule has 0 bridgehead atoms. The van der Waals surface area contributed by atoms with Crippen molar-refractivity contribution in [1.82, 2.24) is 4.90 Å². The summed E-state index contributed by atoms with van der Waals surface area (Å²) in [5, 5.41) is 3.67. The van der Waals surface area contributed by atoms with Crippen molar-refractivity contribution in [3.05, 3.63) is 63.4 Å². The van der Waals surface area contributed by atoms with Crippen LogP contribution in [-0.2, 0) is 16.1 Å². The molecule has 0 atom stereocenters. The Morgan fingerprint density at radius 2 is 1.96 bits per heavy atom. The molecule has 1 heterocycles. The van der Waals surface area contributed by atoms with E-state index in [1.54, 1.807) is 18.2 Å². The number of piperidine rings is 1. The van der Waals surface area contributed by atoms with Crippen LogP contribution in [0.2, 0.25) is 10.0 Å². The number of amides is 1. The van der Waals surface area contributed by atoms with E-state index in [4.69, 9.17) is 27.9 Å². The molecule has 1 fully saturated rings. The predicted octanol–water partition coefficient (Wildman–Crippen LogP) is 5.06. The quantitative estimate of drug-likeness (QED) is 0.704. The summed E-state index contributed by atoms with van der Waals surface area (Å²) in [5.74, 6) is -0.486. The highest BCUT2D eigenvalue weighted by Gasteiger charge is 2.21. The number of ether oxygens (including phenoxy) is 1. The molecule has 28 heavy (non-hydrogen) atoms. The molecule has 2 aromatic carbocycles. The fourth-order valence-corrected chi connectivity index (χ4v) is 3.51. The van der Waals surface area contributed by atoms with E-state index in [0.29, 0.717) is 18.2 Å². The molecule has 1 aliphatic heterocycles. The molecule has 0 spiro atoms. The fraction of sp³-hybridized carbons (Fsp3) is 0.381. The van der Waals surface area contributed by atoms with Gasteiger partial charge in [-0.25, -0.2) is 4.39 Å². The number of hydrogen-bond donors (Lipinski definition) is 1. The van der Waals surface area contributed by atoms with Crippen LogP contribution in [-0.4, -0.2) is 36.5 Å². The summed E-state index contributed by atoms with van der Waals surface area (Å²) in [5.41, 5.74) is 2.37. The highest BCUT2D eigenvalue weighted by Crippen LogP contribution is 2.23. The first-order valence-corrected chi connectivity index (χ1v) is 10.0.